The van der Waals surface area contributed by atoms with Crippen LogP contribution in [0.4, 0.5) is 5.69 Å². The molecule has 6 nitrogen and oxygen atoms in total. The van der Waals surface area contributed by atoms with Gasteiger partial charge in [-0.2, -0.15) is 0 Å². The molecule has 0 saturated heterocycles. The molecule has 3 rings (SSSR count). The molecule has 3 N–H and O–H groups in total. The van der Waals surface area contributed by atoms with Crippen LogP contribution in [-0.4, -0.2) is 37.7 Å². The monoisotopic (exact) mass is 418 g/mol. The van der Waals surface area contributed by atoms with Gasteiger partial charge in [0.05, 0.1) is 16.6 Å². The average Bonchev–Trinajstić information content (AvgIpc) is 3.17. The number of hydrogen-bond acceptors (Lipinski definition) is 5. The molecule has 146 valence electrons. The van der Waals surface area contributed by atoms with Crippen LogP contribution in [-0.2, 0) is 4.79 Å². The lowest BCUT2D eigenvalue weighted by atomic mass is 10.1. The Labute approximate surface area is 173 Å². The van der Waals surface area contributed by atoms with E-state index in [1.54, 1.807) is 18.2 Å². The zero-order valence-electron chi connectivity index (χ0n) is 15.3. The fraction of sp³-hybridized carbons (Fsp3) is 0.200. The number of carbonyl (C=O) groups excluding carboxylic acids is 1. The Bertz CT molecular complexity index is 954. The predicted molar refractivity (Wildman–Crippen MR) is 113 cm³/mol. The van der Waals surface area contributed by atoms with Crippen molar-refractivity contribution in [1.82, 2.24) is 10.5 Å². The van der Waals surface area contributed by atoms with Crippen LogP contribution in [0.3, 0.4) is 0 Å². The standard InChI is InChI=1S/C20H20Cl2N4O2/c1-26(9-8-24-19(27)12-23)14-5-2-4-13(10-14)18-11-17(25-28-18)20-15(21)6-3-7-16(20)22/h2-7,10-11H,8-9,12,23H2,1H3,(H,24,27). The molecule has 0 saturated carbocycles. The quantitative estimate of drug-likeness (QED) is 0.608. The van der Waals surface area contributed by atoms with Gasteiger partial charge in [-0.15, -0.1) is 0 Å². The number of amides is 1. The Morgan fingerprint density at radius 3 is 2.61 bits per heavy atom. The van der Waals surface area contributed by atoms with Crippen molar-refractivity contribution in [3.05, 3.63) is 58.6 Å². The largest absolute Gasteiger partial charge is 0.373 e. The summed E-state index contributed by atoms with van der Waals surface area (Å²) in [6.45, 7) is 1.14. The lowest BCUT2D eigenvalue weighted by molar-refractivity contribution is -0.119. The summed E-state index contributed by atoms with van der Waals surface area (Å²) in [5, 5.41) is 7.90. The molecule has 0 atom stereocenters. The summed E-state index contributed by atoms with van der Waals surface area (Å²) in [7, 11) is 1.95. The Morgan fingerprint density at radius 1 is 1.18 bits per heavy atom. The van der Waals surface area contributed by atoms with Gasteiger partial charge in [-0.05, 0) is 24.3 Å². The number of likely N-dealkylation sites (N-methyl/N-ethyl adjacent to an activating group) is 1. The van der Waals surface area contributed by atoms with E-state index in [-0.39, 0.29) is 12.5 Å². The molecule has 0 aliphatic heterocycles. The summed E-state index contributed by atoms with van der Waals surface area (Å²) in [4.78, 5) is 13.3. The molecular formula is C20H20Cl2N4O2. The molecular weight excluding hydrogens is 399 g/mol. The number of nitrogens with zero attached hydrogens (tertiary/aromatic N) is 2. The van der Waals surface area contributed by atoms with E-state index < -0.39 is 0 Å². The number of hydrogen-bond donors (Lipinski definition) is 2. The summed E-state index contributed by atoms with van der Waals surface area (Å²) >= 11 is 12.5. The van der Waals surface area contributed by atoms with Crippen molar-refractivity contribution in [2.45, 2.75) is 0 Å². The van der Waals surface area contributed by atoms with E-state index in [2.05, 4.69) is 10.5 Å². The zero-order chi connectivity index (χ0) is 20.1. The fourth-order valence-electron chi connectivity index (χ4n) is 2.73. The highest BCUT2D eigenvalue weighted by Gasteiger charge is 2.15. The van der Waals surface area contributed by atoms with Crippen LogP contribution in [0.5, 0.6) is 0 Å². The molecule has 0 unspecified atom stereocenters. The second kappa shape index (κ2) is 9.10. The molecule has 0 aliphatic carbocycles. The molecule has 1 aromatic heterocycles. The molecule has 1 amide bonds. The van der Waals surface area contributed by atoms with E-state index >= 15 is 0 Å². The number of anilines is 1. The van der Waals surface area contributed by atoms with Crippen LogP contribution in [0.1, 0.15) is 0 Å². The lowest BCUT2D eigenvalue weighted by Crippen LogP contribution is -2.36. The molecule has 1 heterocycles. The van der Waals surface area contributed by atoms with E-state index in [0.717, 1.165) is 11.3 Å². The highest BCUT2D eigenvalue weighted by Crippen LogP contribution is 2.36. The van der Waals surface area contributed by atoms with Crippen LogP contribution in [0.15, 0.2) is 53.1 Å². The van der Waals surface area contributed by atoms with Gasteiger partial charge in [0.1, 0.15) is 5.69 Å². The van der Waals surface area contributed by atoms with E-state index in [1.165, 1.54) is 0 Å². The van der Waals surface area contributed by atoms with Gasteiger partial charge in [-0.1, -0.05) is 46.6 Å². The Kier molecular flexibility index (Phi) is 6.57. The van der Waals surface area contributed by atoms with Crippen molar-refractivity contribution in [2.75, 3.05) is 31.6 Å². The van der Waals surface area contributed by atoms with E-state index in [9.17, 15) is 4.79 Å². The lowest BCUT2D eigenvalue weighted by Gasteiger charge is -2.20. The van der Waals surface area contributed by atoms with Gasteiger partial charge in [0.15, 0.2) is 5.76 Å². The minimum Gasteiger partial charge on any atom is -0.373 e. The molecule has 0 radical (unpaired) electrons. The normalized spacial score (nSPS) is 10.7. The van der Waals surface area contributed by atoms with E-state index in [4.69, 9.17) is 33.5 Å². The Hall–Kier alpha value is -2.54. The summed E-state index contributed by atoms with van der Waals surface area (Å²) in [5.41, 5.74) is 8.36. The third kappa shape index (κ3) is 4.65. The molecule has 0 fully saturated rings. The topological polar surface area (TPSA) is 84.4 Å². The minimum absolute atomic E-state index is 0.0114. The van der Waals surface area contributed by atoms with Crippen molar-refractivity contribution in [3.8, 4) is 22.6 Å². The predicted octanol–water partition coefficient (Wildman–Crippen LogP) is 3.83. The maximum Gasteiger partial charge on any atom is 0.233 e. The molecule has 28 heavy (non-hydrogen) atoms. The highest BCUT2D eigenvalue weighted by molar-refractivity contribution is 6.39. The van der Waals surface area contributed by atoms with Gasteiger partial charge in [0.2, 0.25) is 5.91 Å². The maximum atomic E-state index is 11.2. The minimum atomic E-state index is -0.172. The number of benzene rings is 2. The first-order chi connectivity index (χ1) is 13.5. The third-order valence-electron chi connectivity index (χ3n) is 4.26. The van der Waals surface area contributed by atoms with E-state index in [1.807, 2.05) is 42.3 Å². The van der Waals surface area contributed by atoms with Crippen molar-refractivity contribution in [1.29, 1.82) is 0 Å². The SMILES string of the molecule is CN(CCNC(=O)CN)c1cccc(-c2cc(-c3c(Cl)cccc3Cl)no2)c1. The molecule has 3 aromatic rings. The van der Waals surface area contributed by atoms with Crippen LogP contribution in [0.25, 0.3) is 22.6 Å². The summed E-state index contributed by atoms with van der Waals surface area (Å²) in [6.07, 6.45) is 0. The Balaban J connectivity index is 1.78. The number of nitrogens with two attached hydrogens (primary N) is 1. The van der Waals surface area contributed by atoms with Crippen molar-refractivity contribution in [2.24, 2.45) is 5.73 Å². The number of nitrogens with one attached hydrogen (secondary N) is 1. The number of carbonyl (C=O) groups is 1. The molecule has 2 aromatic carbocycles. The molecule has 0 bridgehead atoms. The smallest absolute Gasteiger partial charge is 0.233 e. The van der Waals surface area contributed by atoms with Crippen LogP contribution < -0.4 is 16.0 Å². The Morgan fingerprint density at radius 2 is 1.89 bits per heavy atom. The fourth-order valence-corrected chi connectivity index (χ4v) is 3.32. The van der Waals surface area contributed by atoms with Crippen molar-refractivity contribution >= 4 is 34.8 Å². The van der Waals surface area contributed by atoms with Crippen LogP contribution >= 0.6 is 23.2 Å². The molecule has 8 heteroatoms. The number of halogens is 2. The second-order valence-corrected chi connectivity index (χ2v) is 7.01. The van der Waals surface area contributed by atoms with Gasteiger partial charge < -0.3 is 20.5 Å². The molecule has 0 spiro atoms. The van der Waals surface area contributed by atoms with Crippen LogP contribution in [0.2, 0.25) is 10.0 Å². The number of rotatable bonds is 7. The van der Waals surface area contributed by atoms with Crippen LogP contribution in [0, 0.1) is 0 Å². The third-order valence-corrected chi connectivity index (χ3v) is 4.89. The second-order valence-electron chi connectivity index (χ2n) is 6.20. The van der Waals surface area contributed by atoms with E-state index in [0.29, 0.717) is 40.2 Å². The highest BCUT2D eigenvalue weighted by atomic mass is 35.5. The van der Waals surface area contributed by atoms with Crippen molar-refractivity contribution < 1.29 is 9.32 Å². The van der Waals surface area contributed by atoms with Gasteiger partial charge in [0, 0.05) is 43.0 Å². The van der Waals surface area contributed by atoms with Gasteiger partial charge >= 0.3 is 0 Å². The zero-order valence-corrected chi connectivity index (χ0v) is 16.8. The first-order valence-electron chi connectivity index (χ1n) is 8.69. The average molecular weight is 419 g/mol. The summed E-state index contributed by atoms with van der Waals surface area (Å²) in [6, 6.07) is 15.0. The number of aromatic nitrogens is 1. The first-order valence-corrected chi connectivity index (χ1v) is 9.44. The maximum absolute atomic E-state index is 11.2. The summed E-state index contributed by atoms with van der Waals surface area (Å²) < 4.78 is 5.52. The van der Waals surface area contributed by atoms with Gasteiger partial charge in [-0.25, -0.2) is 0 Å². The van der Waals surface area contributed by atoms with Gasteiger partial charge in [0.25, 0.3) is 0 Å². The molecule has 0 aliphatic rings. The van der Waals surface area contributed by atoms with Crippen molar-refractivity contribution in [3.63, 3.8) is 0 Å². The first kappa shape index (κ1) is 20.2. The van der Waals surface area contributed by atoms with Gasteiger partial charge in [-0.3, -0.25) is 4.79 Å². The summed E-state index contributed by atoms with van der Waals surface area (Å²) in [5.74, 6) is 0.437.